The molecule has 2 aliphatic heterocycles. The molecule has 1 amide bonds. The second kappa shape index (κ2) is 8.19. The highest BCUT2D eigenvalue weighted by Gasteiger charge is 2.26. The zero-order chi connectivity index (χ0) is 17.8. The third-order valence-electron chi connectivity index (χ3n) is 5.44. The fourth-order valence-corrected chi connectivity index (χ4v) is 4.12. The number of morpholine rings is 1. The molecule has 138 valence electrons. The molecular formula is C20H31N3O2. The van der Waals surface area contributed by atoms with E-state index in [1.807, 2.05) is 23.1 Å². The Morgan fingerprint density at radius 2 is 1.80 bits per heavy atom. The summed E-state index contributed by atoms with van der Waals surface area (Å²) in [6.07, 6.45) is 4.07. The molecule has 1 aromatic carbocycles. The van der Waals surface area contributed by atoms with Crippen molar-refractivity contribution >= 4 is 11.6 Å². The van der Waals surface area contributed by atoms with Crippen LogP contribution >= 0.6 is 0 Å². The van der Waals surface area contributed by atoms with Gasteiger partial charge in [-0.2, -0.15) is 0 Å². The number of amides is 1. The van der Waals surface area contributed by atoms with Crippen LogP contribution in [0.25, 0.3) is 0 Å². The van der Waals surface area contributed by atoms with Crippen LogP contribution < -0.4 is 5.73 Å². The van der Waals surface area contributed by atoms with E-state index in [0.717, 1.165) is 45.6 Å². The zero-order valence-electron chi connectivity index (χ0n) is 15.5. The number of carbonyl (C=O) groups is 1. The average Bonchev–Trinajstić information content (AvgIpc) is 2.59. The Kier molecular flexibility index (Phi) is 5.97. The van der Waals surface area contributed by atoms with Gasteiger partial charge in [-0.25, -0.2) is 0 Å². The number of ether oxygens (including phenoxy) is 1. The van der Waals surface area contributed by atoms with Crippen molar-refractivity contribution in [3.05, 3.63) is 29.8 Å². The summed E-state index contributed by atoms with van der Waals surface area (Å²) in [4.78, 5) is 17.1. The van der Waals surface area contributed by atoms with E-state index in [2.05, 4.69) is 18.7 Å². The van der Waals surface area contributed by atoms with Crippen LogP contribution in [-0.4, -0.2) is 60.6 Å². The van der Waals surface area contributed by atoms with E-state index >= 15 is 0 Å². The first kappa shape index (κ1) is 18.2. The van der Waals surface area contributed by atoms with Crippen molar-refractivity contribution in [3.63, 3.8) is 0 Å². The van der Waals surface area contributed by atoms with E-state index in [4.69, 9.17) is 10.5 Å². The van der Waals surface area contributed by atoms with Gasteiger partial charge in [0, 0.05) is 31.9 Å². The third kappa shape index (κ3) is 4.73. The molecule has 3 rings (SSSR count). The number of piperidine rings is 1. The Morgan fingerprint density at radius 1 is 1.16 bits per heavy atom. The summed E-state index contributed by atoms with van der Waals surface area (Å²) in [5.74, 6) is 0.790. The molecule has 0 spiro atoms. The summed E-state index contributed by atoms with van der Waals surface area (Å²) in [7, 11) is 0. The molecule has 2 N–H and O–H groups in total. The maximum Gasteiger partial charge on any atom is 0.255 e. The second-order valence-electron chi connectivity index (χ2n) is 7.63. The Labute approximate surface area is 151 Å². The molecular weight excluding hydrogens is 314 g/mol. The maximum absolute atomic E-state index is 12.6. The van der Waals surface area contributed by atoms with Crippen molar-refractivity contribution in [2.45, 2.75) is 45.3 Å². The molecule has 1 aromatic rings. The number of likely N-dealkylation sites (tertiary alicyclic amines) is 1. The highest BCUT2D eigenvalue weighted by Crippen LogP contribution is 2.24. The van der Waals surface area contributed by atoms with Gasteiger partial charge in [-0.15, -0.1) is 0 Å². The lowest BCUT2D eigenvalue weighted by molar-refractivity contribution is -0.0693. The number of para-hydroxylation sites is 1. The summed E-state index contributed by atoms with van der Waals surface area (Å²) in [6, 6.07) is 7.36. The van der Waals surface area contributed by atoms with Crippen molar-refractivity contribution in [1.29, 1.82) is 0 Å². The van der Waals surface area contributed by atoms with Gasteiger partial charge < -0.3 is 15.4 Å². The van der Waals surface area contributed by atoms with Gasteiger partial charge in [0.25, 0.3) is 5.91 Å². The predicted molar refractivity (Wildman–Crippen MR) is 101 cm³/mol. The minimum absolute atomic E-state index is 0.0763. The number of carbonyl (C=O) groups excluding carboxylic acids is 1. The van der Waals surface area contributed by atoms with Crippen molar-refractivity contribution in [3.8, 4) is 0 Å². The number of hydrogen-bond donors (Lipinski definition) is 1. The average molecular weight is 345 g/mol. The van der Waals surface area contributed by atoms with E-state index in [1.54, 1.807) is 6.07 Å². The molecule has 0 radical (unpaired) electrons. The lowest BCUT2D eigenvalue weighted by Crippen LogP contribution is -2.46. The van der Waals surface area contributed by atoms with Crippen LogP contribution in [0.3, 0.4) is 0 Å². The maximum atomic E-state index is 12.6. The van der Waals surface area contributed by atoms with Gasteiger partial charge in [0.1, 0.15) is 0 Å². The van der Waals surface area contributed by atoms with Crippen LogP contribution in [0.1, 0.15) is 43.5 Å². The molecule has 25 heavy (non-hydrogen) atoms. The third-order valence-corrected chi connectivity index (χ3v) is 5.44. The largest absolute Gasteiger partial charge is 0.398 e. The first-order valence-electron chi connectivity index (χ1n) is 9.54. The van der Waals surface area contributed by atoms with E-state index in [0.29, 0.717) is 29.4 Å². The van der Waals surface area contributed by atoms with Crippen molar-refractivity contribution < 1.29 is 9.53 Å². The van der Waals surface area contributed by atoms with E-state index in [-0.39, 0.29) is 5.91 Å². The van der Waals surface area contributed by atoms with Gasteiger partial charge in [0.2, 0.25) is 0 Å². The Balaban J connectivity index is 1.44. The highest BCUT2D eigenvalue weighted by atomic mass is 16.5. The lowest BCUT2D eigenvalue weighted by atomic mass is 9.92. The summed E-state index contributed by atoms with van der Waals surface area (Å²) < 4.78 is 5.80. The van der Waals surface area contributed by atoms with Crippen molar-refractivity contribution in [1.82, 2.24) is 9.80 Å². The minimum Gasteiger partial charge on any atom is -0.398 e. The summed E-state index contributed by atoms with van der Waals surface area (Å²) in [5, 5.41) is 0. The molecule has 5 nitrogen and oxygen atoms in total. The van der Waals surface area contributed by atoms with E-state index < -0.39 is 0 Å². The molecule has 2 fully saturated rings. The minimum atomic E-state index is 0.0763. The summed E-state index contributed by atoms with van der Waals surface area (Å²) >= 11 is 0. The number of anilines is 1. The Bertz CT molecular complexity index is 574. The van der Waals surface area contributed by atoms with Crippen LogP contribution in [0.5, 0.6) is 0 Å². The van der Waals surface area contributed by atoms with Gasteiger partial charge in [-0.05, 0) is 57.7 Å². The van der Waals surface area contributed by atoms with Gasteiger partial charge >= 0.3 is 0 Å². The Hall–Kier alpha value is -1.59. The second-order valence-corrected chi connectivity index (χ2v) is 7.63. The quantitative estimate of drug-likeness (QED) is 0.852. The lowest BCUT2D eigenvalue weighted by Gasteiger charge is -2.37. The normalized spacial score (nSPS) is 25.9. The van der Waals surface area contributed by atoms with Crippen LogP contribution in [-0.2, 0) is 4.74 Å². The molecule has 2 atom stereocenters. The van der Waals surface area contributed by atoms with Crippen LogP contribution in [0.4, 0.5) is 5.69 Å². The van der Waals surface area contributed by atoms with E-state index in [1.165, 1.54) is 6.42 Å². The molecule has 5 heteroatoms. The van der Waals surface area contributed by atoms with Crippen LogP contribution in [0.15, 0.2) is 24.3 Å². The van der Waals surface area contributed by atoms with Crippen molar-refractivity contribution in [2.75, 3.05) is 38.5 Å². The van der Waals surface area contributed by atoms with Crippen LogP contribution in [0.2, 0.25) is 0 Å². The first-order valence-corrected chi connectivity index (χ1v) is 9.54. The monoisotopic (exact) mass is 345 g/mol. The first-order chi connectivity index (χ1) is 12.0. The number of nitrogens with zero attached hydrogens (tertiary/aromatic N) is 2. The summed E-state index contributed by atoms with van der Waals surface area (Å²) in [6.45, 7) is 9.21. The fraction of sp³-hybridized carbons (Fsp3) is 0.650. The number of nitrogens with two attached hydrogens (primary N) is 1. The molecule has 2 saturated heterocycles. The van der Waals surface area contributed by atoms with Gasteiger partial charge in [0.15, 0.2) is 0 Å². The predicted octanol–water partition coefficient (Wildman–Crippen LogP) is 2.62. The SMILES string of the molecule is CC1CN(CCC2CCN(C(=O)c3ccccc3N)CC2)CC(C)O1. The van der Waals surface area contributed by atoms with Crippen LogP contribution in [0, 0.1) is 5.92 Å². The molecule has 0 aliphatic carbocycles. The van der Waals surface area contributed by atoms with Gasteiger partial charge in [-0.1, -0.05) is 12.1 Å². The van der Waals surface area contributed by atoms with Gasteiger partial charge in [-0.3, -0.25) is 9.69 Å². The zero-order valence-corrected chi connectivity index (χ0v) is 15.5. The number of nitrogen functional groups attached to an aromatic ring is 1. The number of rotatable bonds is 4. The molecule has 2 unspecified atom stereocenters. The highest BCUT2D eigenvalue weighted by molar-refractivity contribution is 5.99. The number of hydrogen-bond acceptors (Lipinski definition) is 4. The fourth-order valence-electron chi connectivity index (χ4n) is 4.12. The smallest absolute Gasteiger partial charge is 0.255 e. The Morgan fingerprint density at radius 3 is 2.44 bits per heavy atom. The van der Waals surface area contributed by atoms with Crippen molar-refractivity contribution in [2.24, 2.45) is 5.92 Å². The standard InChI is InChI=1S/C20H31N3O2/c1-15-13-22(14-16(2)25-15)10-7-17-8-11-23(12-9-17)20(24)18-5-3-4-6-19(18)21/h3-6,15-17H,7-14,21H2,1-2H3. The molecule has 2 heterocycles. The molecule has 0 saturated carbocycles. The summed E-state index contributed by atoms with van der Waals surface area (Å²) in [5.41, 5.74) is 7.16. The molecule has 0 aromatic heterocycles. The molecule has 0 bridgehead atoms. The van der Waals surface area contributed by atoms with Gasteiger partial charge in [0.05, 0.1) is 17.8 Å². The topological polar surface area (TPSA) is 58.8 Å². The number of benzene rings is 1. The molecule has 2 aliphatic rings. The van der Waals surface area contributed by atoms with E-state index in [9.17, 15) is 4.79 Å².